The Morgan fingerprint density at radius 2 is 2.22 bits per heavy atom. The Morgan fingerprint density at radius 1 is 1.39 bits per heavy atom. The van der Waals surface area contributed by atoms with E-state index in [2.05, 4.69) is 29.6 Å². The molecule has 1 atom stereocenters. The second-order valence-electron chi connectivity index (χ2n) is 4.48. The van der Waals surface area contributed by atoms with E-state index in [1.165, 1.54) is 4.90 Å². The first-order chi connectivity index (χ1) is 8.67. The standard InChI is InChI=1S/C14H15N3S/c1-8-5-12-14(7-10(8)15)18-13-6-9(16-2)3-4-11(13)17-12/h3-7,10,16H,15H2,1-2H3. The molecule has 0 bridgehead atoms. The lowest BCUT2D eigenvalue weighted by Gasteiger charge is -2.23. The van der Waals surface area contributed by atoms with Crippen LogP contribution in [0.1, 0.15) is 6.92 Å². The minimum Gasteiger partial charge on any atom is -0.388 e. The Bertz CT molecular complexity index is 599. The summed E-state index contributed by atoms with van der Waals surface area (Å²) < 4.78 is 0. The Kier molecular flexibility index (Phi) is 2.76. The van der Waals surface area contributed by atoms with E-state index in [9.17, 15) is 0 Å². The molecule has 4 heteroatoms. The molecule has 18 heavy (non-hydrogen) atoms. The SMILES string of the molecule is CNc1ccc2c(c1)SC1=CC(N)C(C)=CC1=N2. The lowest BCUT2D eigenvalue weighted by Crippen LogP contribution is -2.24. The molecule has 1 aliphatic heterocycles. The first kappa shape index (κ1) is 11.6. The molecular formula is C14H15N3S. The summed E-state index contributed by atoms with van der Waals surface area (Å²) in [6, 6.07) is 6.23. The molecule has 0 saturated carbocycles. The van der Waals surface area contributed by atoms with Crippen LogP contribution in [0.4, 0.5) is 11.4 Å². The van der Waals surface area contributed by atoms with Gasteiger partial charge in [0, 0.05) is 28.6 Å². The molecule has 0 aromatic heterocycles. The third kappa shape index (κ3) is 1.87. The molecule has 1 aromatic carbocycles. The van der Waals surface area contributed by atoms with Crippen LogP contribution in [0.25, 0.3) is 0 Å². The normalized spacial score (nSPS) is 21.3. The van der Waals surface area contributed by atoms with Gasteiger partial charge in [-0.05, 0) is 37.3 Å². The summed E-state index contributed by atoms with van der Waals surface area (Å²) in [5.74, 6) is 0. The number of nitrogens with one attached hydrogen (secondary N) is 1. The third-order valence-corrected chi connectivity index (χ3v) is 4.29. The summed E-state index contributed by atoms with van der Waals surface area (Å²) in [7, 11) is 1.92. The summed E-state index contributed by atoms with van der Waals surface area (Å²) in [6.45, 7) is 2.05. The quantitative estimate of drug-likeness (QED) is 0.813. The number of fused-ring (bicyclic) bond motifs is 2. The highest BCUT2D eigenvalue weighted by atomic mass is 32.2. The maximum atomic E-state index is 6.04. The van der Waals surface area contributed by atoms with Crippen LogP contribution in [0.5, 0.6) is 0 Å². The van der Waals surface area contributed by atoms with Crippen molar-refractivity contribution in [1.29, 1.82) is 0 Å². The molecule has 92 valence electrons. The van der Waals surface area contributed by atoms with Crippen molar-refractivity contribution >= 4 is 28.8 Å². The van der Waals surface area contributed by atoms with Crippen molar-refractivity contribution in [2.24, 2.45) is 10.7 Å². The molecule has 0 amide bonds. The zero-order valence-electron chi connectivity index (χ0n) is 10.4. The van der Waals surface area contributed by atoms with E-state index in [0.717, 1.165) is 27.6 Å². The number of hydrogen-bond donors (Lipinski definition) is 2. The number of benzene rings is 1. The van der Waals surface area contributed by atoms with Crippen LogP contribution in [0.2, 0.25) is 0 Å². The van der Waals surface area contributed by atoms with Crippen molar-refractivity contribution < 1.29 is 0 Å². The second kappa shape index (κ2) is 4.30. The van der Waals surface area contributed by atoms with Crippen LogP contribution in [0, 0.1) is 0 Å². The average molecular weight is 257 g/mol. The summed E-state index contributed by atoms with van der Waals surface area (Å²) in [5.41, 5.74) is 10.4. The number of nitrogens with zero attached hydrogens (tertiary/aromatic N) is 1. The molecule has 0 saturated heterocycles. The predicted octanol–water partition coefficient (Wildman–Crippen LogP) is 3.08. The van der Waals surface area contributed by atoms with Gasteiger partial charge in [0.05, 0.1) is 11.4 Å². The predicted molar refractivity (Wildman–Crippen MR) is 78.8 cm³/mol. The fraction of sp³-hybridized carbons (Fsp3) is 0.214. The third-order valence-electron chi connectivity index (χ3n) is 3.18. The maximum Gasteiger partial charge on any atom is 0.0778 e. The van der Waals surface area contributed by atoms with E-state index >= 15 is 0 Å². The highest BCUT2D eigenvalue weighted by Gasteiger charge is 2.21. The van der Waals surface area contributed by atoms with E-state index in [-0.39, 0.29) is 6.04 Å². The fourth-order valence-corrected chi connectivity index (χ4v) is 3.09. The van der Waals surface area contributed by atoms with E-state index in [1.807, 2.05) is 20.0 Å². The molecule has 3 rings (SSSR count). The molecule has 0 fully saturated rings. The number of thioether (sulfide) groups is 1. The van der Waals surface area contributed by atoms with E-state index < -0.39 is 0 Å². The van der Waals surface area contributed by atoms with Crippen LogP contribution >= 0.6 is 11.8 Å². The number of aliphatic imine (C=N–C) groups is 1. The first-order valence-corrected chi connectivity index (χ1v) is 6.73. The summed E-state index contributed by atoms with van der Waals surface area (Å²) in [4.78, 5) is 7.03. The average Bonchev–Trinajstić information content (AvgIpc) is 2.37. The number of nitrogens with two attached hydrogens (primary N) is 1. The van der Waals surface area contributed by atoms with Gasteiger partial charge in [-0.3, -0.25) is 0 Å². The lowest BCUT2D eigenvalue weighted by molar-refractivity contribution is 0.943. The highest BCUT2D eigenvalue weighted by molar-refractivity contribution is 8.04. The van der Waals surface area contributed by atoms with Gasteiger partial charge in [0.2, 0.25) is 0 Å². The van der Waals surface area contributed by atoms with Crippen LogP contribution in [0.15, 0.2) is 50.7 Å². The van der Waals surface area contributed by atoms with Crippen molar-refractivity contribution in [3.63, 3.8) is 0 Å². The molecule has 3 N–H and O–H groups in total. The van der Waals surface area contributed by atoms with Gasteiger partial charge in [-0.2, -0.15) is 0 Å². The van der Waals surface area contributed by atoms with Crippen molar-refractivity contribution in [3.8, 4) is 0 Å². The molecule has 0 spiro atoms. The van der Waals surface area contributed by atoms with Gasteiger partial charge in [0.1, 0.15) is 0 Å². The van der Waals surface area contributed by atoms with Crippen molar-refractivity contribution in [2.45, 2.75) is 17.9 Å². The maximum absolute atomic E-state index is 6.04. The van der Waals surface area contributed by atoms with E-state index in [4.69, 9.17) is 10.7 Å². The van der Waals surface area contributed by atoms with Gasteiger partial charge in [-0.25, -0.2) is 4.99 Å². The van der Waals surface area contributed by atoms with E-state index in [1.54, 1.807) is 11.8 Å². The molecule has 1 heterocycles. The van der Waals surface area contributed by atoms with Crippen molar-refractivity contribution in [2.75, 3.05) is 12.4 Å². The molecule has 3 nitrogen and oxygen atoms in total. The molecule has 1 aromatic rings. The summed E-state index contributed by atoms with van der Waals surface area (Å²) >= 11 is 1.74. The fourth-order valence-electron chi connectivity index (χ4n) is 2.03. The largest absolute Gasteiger partial charge is 0.388 e. The molecular weight excluding hydrogens is 242 g/mol. The van der Waals surface area contributed by atoms with Gasteiger partial charge in [-0.1, -0.05) is 17.3 Å². The van der Waals surface area contributed by atoms with Crippen LogP contribution in [-0.2, 0) is 0 Å². The van der Waals surface area contributed by atoms with Gasteiger partial charge < -0.3 is 11.1 Å². The Balaban J connectivity index is 2.08. The van der Waals surface area contributed by atoms with Gasteiger partial charge in [0.15, 0.2) is 0 Å². The number of anilines is 1. The van der Waals surface area contributed by atoms with Gasteiger partial charge in [0.25, 0.3) is 0 Å². The van der Waals surface area contributed by atoms with E-state index in [0.29, 0.717) is 0 Å². The topological polar surface area (TPSA) is 50.4 Å². The molecule has 1 unspecified atom stereocenters. The number of allylic oxidation sites excluding steroid dienone is 2. The Labute approximate surface area is 111 Å². The lowest BCUT2D eigenvalue weighted by atomic mass is 10.0. The molecule has 1 aliphatic carbocycles. The zero-order valence-corrected chi connectivity index (χ0v) is 11.2. The van der Waals surface area contributed by atoms with Gasteiger partial charge >= 0.3 is 0 Å². The van der Waals surface area contributed by atoms with Gasteiger partial charge in [-0.15, -0.1) is 0 Å². The Hall–Kier alpha value is -1.52. The van der Waals surface area contributed by atoms with Crippen LogP contribution < -0.4 is 11.1 Å². The number of rotatable bonds is 1. The van der Waals surface area contributed by atoms with Crippen LogP contribution in [0.3, 0.4) is 0 Å². The monoisotopic (exact) mass is 257 g/mol. The van der Waals surface area contributed by atoms with Crippen molar-refractivity contribution in [1.82, 2.24) is 0 Å². The number of hydrogen-bond acceptors (Lipinski definition) is 4. The van der Waals surface area contributed by atoms with Crippen LogP contribution in [-0.4, -0.2) is 18.8 Å². The van der Waals surface area contributed by atoms with Crippen molar-refractivity contribution in [3.05, 3.63) is 40.8 Å². The minimum atomic E-state index is 0.0143. The smallest absolute Gasteiger partial charge is 0.0778 e. The molecule has 2 aliphatic rings. The second-order valence-corrected chi connectivity index (χ2v) is 5.56. The summed E-state index contributed by atoms with van der Waals surface area (Å²) in [5, 5.41) is 3.15. The Morgan fingerprint density at radius 3 is 3.00 bits per heavy atom. The molecule has 0 radical (unpaired) electrons. The minimum absolute atomic E-state index is 0.0143. The first-order valence-electron chi connectivity index (χ1n) is 5.91. The zero-order chi connectivity index (χ0) is 12.7. The highest BCUT2D eigenvalue weighted by Crippen LogP contribution is 2.43. The summed E-state index contributed by atoms with van der Waals surface area (Å²) in [6.07, 6.45) is 4.18.